The van der Waals surface area contributed by atoms with Crippen molar-refractivity contribution >= 4 is 5.91 Å². The molecule has 154 valence electrons. The summed E-state index contributed by atoms with van der Waals surface area (Å²) in [5, 5.41) is 16.6. The highest BCUT2D eigenvalue weighted by Crippen LogP contribution is 2.29. The summed E-state index contributed by atoms with van der Waals surface area (Å²) in [5.74, 6) is 1.52. The summed E-state index contributed by atoms with van der Waals surface area (Å²) in [6, 6.07) is 0.856. The Bertz CT molecular complexity index is 630. The monoisotopic (exact) mass is 388 g/mol. The van der Waals surface area contributed by atoms with Crippen LogP contribution in [0.2, 0.25) is 0 Å². The summed E-state index contributed by atoms with van der Waals surface area (Å²) in [5.41, 5.74) is 6.83. The lowest BCUT2D eigenvalue weighted by atomic mass is 9.79. The zero-order chi connectivity index (χ0) is 19.1. The van der Waals surface area contributed by atoms with E-state index in [9.17, 15) is 10.1 Å². The first-order chi connectivity index (χ1) is 13.7. The number of carbonyl (C=O) groups is 1. The maximum atomic E-state index is 13.1. The van der Waals surface area contributed by atoms with E-state index < -0.39 is 0 Å². The molecule has 0 aromatic heterocycles. The van der Waals surface area contributed by atoms with Gasteiger partial charge in [0.1, 0.15) is 6.04 Å². The van der Waals surface area contributed by atoms with Crippen molar-refractivity contribution in [2.24, 2.45) is 11.8 Å². The Kier molecular flexibility index (Phi) is 5.15. The lowest BCUT2D eigenvalue weighted by Crippen LogP contribution is -2.68. The van der Waals surface area contributed by atoms with Crippen LogP contribution in [0, 0.1) is 23.3 Å². The molecule has 5 heterocycles. The number of piperazine rings is 2. The molecular formula is C19H32N8O. The van der Waals surface area contributed by atoms with Crippen molar-refractivity contribution in [1.29, 1.82) is 5.26 Å². The Hall–Kier alpha value is -1.44. The van der Waals surface area contributed by atoms with Gasteiger partial charge < -0.3 is 15.1 Å². The van der Waals surface area contributed by atoms with Gasteiger partial charge in [-0.05, 0) is 37.6 Å². The van der Waals surface area contributed by atoms with Crippen LogP contribution in [0.15, 0.2) is 0 Å². The summed E-state index contributed by atoms with van der Waals surface area (Å²) in [6.45, 7) is 6.93. The predicted octanol–water partition coefficient (Wildman–Crippen LogP) is -1.92. The average Bonchev–Trinajstić information content (AvgIpc) is 3.23. The minimum atomic E-state index is -0.156. The lowest BCUT2D eigenvalue weighted by Gasteiger charge is -2.49. The van der Waals surface area contributed by atoms with Crippen LogP contribution in [0.3, 0.4) is 0 Å². The van der Waals surface area contributed by atoms with Crippen LogP contribution in [0.4, 0.5) is 0 Å². The van der Waals surface area contributed by atoms with Crippen LogP contribution in [0.25, 0.3) is 0 Å². The average molecular weight is 389 g/mol. The van der Waals surface area contributed by atoms with Crippen molar-refractivity contribution in [3.05, 3.63) is 0 Å². The van der Waals surface area contributed by atoms with E-state index >= 15 is 0 Å². The topological polar surface area (TPSA) is 98.7 Å². The van der Waals surface area contributed by atoms with Gasteiger partial charge in [0.15, 0.2) is 6.19 Å². The number of hydrogen-bond acceptors (Lipinski definition) is 8. The van der Waals surface area contributed by atoms with Crippen LogP contribution in [0.5, 0.6) is 0 Å². The second kappa shape index (κ2) is 7.76. The number of fused-ring (bicyclic) bond motifs is 2. The third kappa shape index (κ3) is 3.27. The van der Waals surface area contributed by atoms with E-state index in [1.807, 2.05) is 4.90 Å². The van der Waals surface area contributed by atoms with Gasteiger partial charge in [0, 0.05) is 51.4 Å². The Morgan fingerprint density at radius 1 is 0.964 bits per heavy atom. The largest absolute Gasteiger partial charge is 0.324 e. The molecule has 0 aromatic rings. The zero-order valence-electron chi connectivity index (χ0n) is 16.4. The molecule has 5 aliphatic heterocycles. The van der Waals surface area contributed by atoms with Crippen LogP contribution in [-0.2, 0) is 4.79 Å². The molecule has 1 amide bonds. The molecule has 9 nitrogen and oxygen atoms in total. The van der Waals surface area contributed by atoms with Crippen LogP contribution < -0.4 is 21.5 Å². The van der Waals surface area contributed by atoms with Gasteiger partial charge in [0.05, 0.1) is 12.7 Å². The molecule has 0 radical (unpaired) electrons. The first kappa shape index (κ1) is 18.6. The van der Waals surface area contributed by atoms with E-state index in [4.69, 9.17) is 0 Å². The summed E-state index contributed by atoms with van der Waals surface area (Å²) in [4.78, 5) is 19.2. The van der Waals surface area contributed by atoms with E-state index in [0.29, 0.717) is 24.5 Å². The summed E-state index contributed by atoms with van der Waals surface area (Å²) in [6.07, 6.45) is 5.74. The van der Waals surface area contributed by atoms with E-state index in [1.54, 1.807) is 4.90 Å². The fourth-order valence-corrected chi connectivity index (χ4v) is 5.94. The van der Waals surface area contributed by atoms with Crippen molar-refractivity contribution in [2.45, 2.75) is 43.6 Å². The minimum Gasteiger partial charge on any atom is -0.324 e. The third-order valence-corrected chi connectivity index (χ3v) is 7.56. The summed E-state index contributed by atoms with van der Waals surface area (Å²) < 4.78 is 0. The first-order valence-electron chi connectivity index (χ1n) is 10.9. The van der Waals surface area contributed by atoms with Gasteiger partial charge in [-0.2, -0.15) is 5.26 Å². The van der Waals surface area contributed by atoms with Crippen LogP contribution >= 0.6 is 0 Å². The van der Waals surface area contributed by atoms with E-state index in [-0.39, 0.29) is 18.1 Å². The molecule has 0 bridgehead atoms. The van der Waals surface area contributed by atoms with E-state index in [1.165, 1.54) is 6.42 Å². The van der Waals surface area contributed by atoms with Gasteiger partial charge in [-0.25, -0.2) is 0 Å². The van der Waals surface area contributed by atoms with Crippen molar-refractivity contribution in [1.82, 2.24) is 36.2 Å². The van der Waals surface area contributed by atoms with Gasteiger partial charge in [-0.1, -0.05) is 0 Å². The molecule has 9 heteroatoms. The highest BCUT2D eigenvalue weighted by atomic mass is 16.2. The molecule has 0 saturated carbocycles. The molecule has 5 fully saturated rings. The second-order valence-corrected chi connectivity index (χ2v) is 8.97. The first-order valence-corrected chi connectivity index (χ1v) is 10.9. The normalized spacial score (nSPS) is 42.0. The predicted molar refractivity (Wildman–Crippen MR) is 104 cm³/mol. The molecule has 0 aromatic carbocycles. The summed E-state index contributed by atoms with van der Waals surface area (Å²) in [7, 11) is 0. The number of hydrazine groups is 1. The standard InChI is InChI=1S/C19H32N8O/c20-12-25-5-6-26-7-8-27(19(28)15(26)11-25)16-2-1-13(9-22-16)17-18-14(3-4-21-17)10-23-24-18/h13-18,21-24H,1-11H2/t13?,14?,15-,16?,17?,18?/m1/s1. The Labute approximate surface area is 166 Å². The molecule has 6 atom stereocenters. The molecular weight excluding hydrogens is 356 g/mol. The molecule has 28 heavy (non-hydrogen) atoms. The zero-order valence-corrected chi connectivity index (χ0v) is 16.4. The molecule has 0 spiro atoms. The minimum absolute atomic E-state index is 0.136. The van der Waals surface area contributed by atoms with Crippen molar-refractivity contribution in [2.75, 3.05) is 52.4 Å². The van der Waals surface area contributed by atoms with Gasteiger partial charge in [0.2, 0.25) is 5.91 Å². The Balaban J connectivity index is 1.19. The molecule has 5 aliphatic rings. The summed E-state index contributed by atoms with van der Waals surface area (Å²) >= 11 is 0. The third-order valence-electron chi connectivity index (χ3n) is 7.56. The van der Waals surface area contributed by atoms with E-state index in [0.717, 1.165) is 64.6 Å². The number of piperidine rings is 2. The number of nitrogens with one attached hydrogen (secondary N) is 4. The van der Waals surface area contributed by atoms with Gasteiger partial charge >= 0.3 is 0 Å². The molecule has 4 N–H and O–H groups in total. The van der Waals surface area contributed by atoms with Gasteiger partial charge in [0.25, 0.3) is 0 Å². The smallest absolute Gasteiger partial charge is 0.243 e. The number of nitrogens with zero attached hydrogens (tertiary/aromatic N) is 4. The maximum Gasteiger partial charge on any atom is 0.243 e. The molecule has 5 unspecified atom stereocenters. The fraction of sp³-hybridized carbons (Fsp3) is 0.895. The molecule has 0 aliphatic carbocycles. The number of nitriles is 1. The second-order valence-electron chi connectivity index (χ2n) is 8.97. The lowest BCUT2D eigenvalue weighted by molar-refractivity contribution is -0.149. The Morgan fingerprint density at radius 2 is 1.82 bits per heavy atom. The van der Waals surface area contributed by atoms with E-state index in [2.05, 4.69) is 32.6 Å². The Morgan fingerprint density at radius 3 is 2.64 bits per heavy atom. The van der Waals surface area contributed by atoms with Crippen LogP contribution in [-0.4, -0.2) is 97.3 Å². The highest BCUT2D eigenvalue weighted by molar-refractivity contribution is 5.83. The highest BCUT2D eigenvalue weighted by Gasteiger charge is 2.44. The van der Waals surface area contributed by atoms with Crippen molar-refractivity contribution < 1.29 is 4.79 Å². The van der Waals surface area contributed by atoms with Gasteiger partial charge in [-0.3, -0.25) is 25.9 Å². The SMILES string of the molecule is N#CN1CCN2CCN(C3CCC(C4NCCC5CNNC54)CN3)C(=O)[C@H]2C1. The van der Waals surface area contributed by atoms with Crippen molar-refractivity contribution in [3.8, 4) is 6.19 Å². The number of carbonyl (C=O) groups excluding carboxylic acids is 1. The quantitative estimate of drug-likeness (QED) is 0.406. The fourth-order valence-electron chi connectivity index (χ4n) is 5.94. The van der Waals surface area contributed by atoms with Gasteiger partial charge in [-0.15, -0.1) is 0 Å². The number of amides is 1. The maximum absolute atomic E-state index is 13.1. The molecule has 5 rings (SSSR count). The number of hydrogen-bond donors (Lipinski definition) is 4. The van der Waals surface area contributed by atoms with Crippen molar-refractivity contribution in [3.63, 3.8) is 0 Å². The number of rotatable bonds is 2. The van der Waals surface area contributed by atoms with Crippen LogP contribution in [0.1, 0.15) is 19.3 Å². The molecule has 5 saturated heterocycles.